The van der Waals surface area contributed by atoms with Gasteiger partial charge in [-0.3, -0.25) is 4.79 Å². The Bertz CT molecular complexity index is 970. The van der Waals surface area contributed by atoms with Crippen LogP contribution in [0.25, 0.3) is 0 Å². The molecule has 188 valence electrons. The van der Waals surface area contributed by atoms with Gasteiger partial charge in [-0.25, -0.2) is 9.97 Å². The smallest absolute Gasteiger partial charge is 0.229 e. The normalized spacial score (nSPS) is 18.5. The molecule has 0 unspecified atom stereocenters. The van der Waals surface area contributed by atoms with E-state index < -0.39 is 0 Å². The Balaban J connectivity index is 1.11. The van der Waals surface area contributed by atoms with Crippen molar-refractivity contribution in [3.8, 4) is 0 Å². The average Bonchev–Trinajstić information content (AvgIpc) is 3.69. The van der Waals surface area contributed by atoms with Gasteiger partial charge < -0.3 is 26.0 Å². The molecule has 0 spiro atoms. The number of carbonyl (C=O) groups excluding carboxylic acids is 1. The van der Waals surface area contributed by atoms with Crippen LogP contribution in [0.15, 0.2) is 24.5 Å². The number of ether oxygens (including phenoxy) is 1. The van der Waals surface area contributed by atoms with Gasteiger partial charge in [0.15, 0.2) is 0 Å². The SMILES string of the molecule is O=C(NCCCNc1nc(Nc2ccc(NCC3CCOCC3)nc2)ncc1C1CC1)C1CCC1. The molecule has 2 saturated carbocycles. The topological polar surface area (TPSA) is 113 Å². The fourth-order valence-electron chi connectivity index (χ4n) is 4.51. The van der Waals surface area contributed by atoms with Gasteiger partial charge in [-0.1, -0.05) is 6.42 Å². The Hall–Kier alpha value is -2.94. The summed E-state index contributed by atoms with van der Waals surface area (Å²) in [4.78, 5) is 25.8. The van der Waals surface area contributed by atoms with E-state index >= 15 is 0 Å². The summed E-state index contributed by atoms with van der Waals surface area (Å²) in [6, 6.07) is 3.98. The molecule has 9 heteroatoms. The molecular weight excluding hydrogens is 442 g/mol. The predicted octanol–water partition coefficient (Wildman–Crippen LogP) is 4.05. The van der Waals surface area contributed by atoms with Gasteiger partial charge in [-0.2, -0.15) is 4.98 Å². The number of nitrogens with zero attached hydrogens (tertiary/aromatic N) is 3. The number of carbonyl (C=O) groups is 1. The van der Waals surface area contributed by atoms with Gasteiger partial charge in [0.05, 0.1) is 11.9 Å². The minimum atomic E-state index is 0.210. The summed E-state index contributed by atoms with van der Waals surface area (Å²) in [5.41, 5.74) is 2.03. The van der Waals surface area contributed by atoms with E-state index in [0.29, 0.717) is 24.3 Å². The van der Waals surface area contributed by atoms with Crippen LogP contribution in [0.2, 0.25) is 0 Å². The number of amides is 1. The molecule has 35 heavy (non-hydrogen) atoms. The molecular formula is C26H37N7O2. The predicted molar refractivity (Wildman–Crippen MR) is 137 cm³/mol. The Labute approximate surface area is 207 Å². The molecule has 0 radical (unpaired) electrons. The lowest BCUT2D eigenvalue weighted by atomic mass is 9.85. The second-order valence-electron chi connectivity index (χ2n) is 9.96. The molecule has 1 amide bonds. The highest BCUT2D eigenvalue weighted by Gasteiger charge is 2.28. The van der Waals surface area contributed by atoms with E-state index in [1.54, 1.807) is 0 Å². The summed E-state index contributed by atoms with van der Waals surface area (Å²) in [7, 11) is 0. The number of hydrogen-bond acceptors (Lipinski definition) is 8. The zero-order valence-corrected chi connectivity index (χ0v) is 20.4. The number of pyridine rings is 1. The zero-order chi connectivity index (χ0) is 23.9. The van der Waals surface area contributed by atoms with Crippen LogP contribution in [0, 0.1) is 11.8 Å². The molecule has 3 heterocycles. The molecule has 0 atom stereocenters. The molecule has 5 rings (SSSR count). The van der Waals surface area contributed by atoms with Crippen LogP contribution in [-0.2, 0) is 9.53 Å². The highest BCUT2D eigenvalue weighted by Crippen LogP contribution is 2.42. The second kappa shape index (κ2) is 11.7. The fourth-order valence-corrected chi connectivity index (χ4v) is 4.51. The van der Waals surface area contributed by atoms with Crippen molar-refractivity contribution in [3.63, 3.8) is 0 Å². The van der Waals surface area contributed by atoms with Gasteiger partial charge in [-0.15, -0.1) is 0 Å². The first-order chi connectivity index (χ1) is 17.2. The van der Waals surface area contributed by atoms with Crippen LogP contribution in [0.1, 0.15) is 62.8 Å². The maximum Gasteiger partial charge on any atom is 0.229 e. The van der Waals surface area contributed by atoms with Crippen LogP contribution in [0.5, 0.6) is 0 Å². The first-order valence-electron chi connectivity index (χ1n) is 13.2. The summed E-state index contributed by atoms with van der Waals surface area (Å²) >= 11 is 0. The molecule has 3 fully saturated rings. The standard InChI is InChI=1S/C26H37N7O2/c34-25(20-3-1-4-20)28-12-2-11-27-24-22(19-5-6-19)17-31-26(33-24)32-21-7-8-23(30-16-21)29-15-18-9-13-35-14-10-18/h7-8,16-20H,1-6,9-15H2,(H,28,34)(H,29,30)(H2,27,31,32,33). The third-order valence-electron chi connectivity index (χ3n) is 7.19. The lowest BCUT2D eigenvalue weighted by Gasteiger charge is -2.24. The van der Waals surface area contributed by atoms with Crippen LogP contribution < -0.4 is 21.3 Å². The summed E-state index contributed by atoms with van der Waals surface area (Å²) in [6.45, 7) is 4.09. The first-order valence-corrected chi connectivity index (χ1v) is 13.2. The molecule has 4 N–H and O–H groups in total. The molecule has 1 aliphatic heterocycles. The lowest BCUT2D eigenvalue weighted by molar-refractivity contribution is -0.127. The minimum Gasteiger partial charge on any atom is -0.381 e. The third kappa shape index (κ3) is 6.81. The summed E-state index contributed by atoms with van der Waals surface area (Å²) < 4.78 is 5.43. The van der Waals surface area contributed by atoms with Crippen molar-refractivity contribution < 1.29 is 9.53 Å². The fraction of sp³-hybridized carbons (Fsp3) is 0.615. The number of rotatable bonds is 12. The number of nitrogens with one attached hydrogen (secondary N) is 4. The van der Waals surface area contributed by atoms with Crippen LogP contribution >= 0.6 is 0 Å². The van der Waals surface area contributed by atoms with Crippen molar-refractivity contribution in [3.05, 3.63) is 30.1 Å². The monoisotopic (exact) mass is 479 g/mol. The van der Waals surface area contributed by atoms with Gasteiger partial charge in [0.25, 0.3) is 0 Å². The van der Waals surface area contributed by atoms with E-state index in [1.807, 2.05) is 24.5 Å². The summed E-state index contributed by atoms with van der Waals surface area (Å²) in [6.07, 6.45) is 12.4. The van der Waals surface area contributed by atoms with Crippen molar-refractivity contribution in [2.24, 2.45) is 11.8 Å². The van der Waals surface area contributed by atoms with Crippen molar-refractivity contribution in [2.75, 3.05) is 48.8 Å². The van der Waals surface area contributed by atoms with Gasteiger partial charge in [-0.05, 0) is 68.9 Å². The molecule has 3 aliphatic rings. The minimum absolute atomic E-state index is 0.210. The Morgan fingerprint density at radius 2 is 1.83 bits per heavy atom. The van der Waals surface area contributed by atoms with Crippen molar-refractivity contribution in [2.45, 2.75) is 57.3 Å². The van der Waals surface area contributed by atoms with E-state index in [4.69, 9.17) is 9.72 Å². The second-order valence-corrected chi connectivity index (χ2v) is 9.96. The Morgan fingerprint density at radius 3 is 2.54 bits per heavy atom. The third-order valence-corrected chi connectivity index (χ3v) is 7.19. The summed E-state index contributed by atoms with van der Waals surface area (Å²) in [5, 5.41) is 13.2. The Morgan fingerprint density at radius 1 is 0.971 bits per heavy atom. The molecule has 2 aliphatic carbocycles. The molecule has 0 aromatic carbocycles. The van der Waals surface area contributed by atoms with Gasteiger partial charge in [0, 0.05) is 50.5 Å². The summed E-state index contributed by atoms with van der Waals surface area (Å²) in [5.74, 6) is 3.96. The molecule has 0 bridgehead atoms. The molecule has 1 saturated heterocycles. The quantitative estimate of drug-likeness (QED) is 0.337. The van der Waals surface area contributed by atoms with Gasteiger partial charge >= 0.3 is 0 Å². The highest BCUT2D eigenvalue weighted by molar-refractivity contribution is 5.79. The molecule has 9 nitrogen and oxygen atoms in total. The molecule has 2 aromatic heterocycles. The lowest BCUT2D eigenvalue weighted by Crippen LogP contribution is -2.35. The van der Waals surface area contributed by atoms with E-state index in [9.17, 15) is 4.79 Å². The highest BCUT2D eigenvalue weighted by atomic mass is 16.5. The van der Waals surface area contributed by atoms with Gasteiger partial charge in [0.2, 0.25) is 11.9 Å². The number of aromatic nitrogens is 3. The number of anilines is 4. The van der Waals surface area contributed by atoms with Crippen LogP contribution in [0.3, 0.4) is 0 Å². The maximum absolute atomic E-state index is 12.0. The van der Waals surface area contributed by atoms with Crippen molar-refractivity contribution in [1.29, 1.82) is 0 Å². The van der Waals surface area contributed by atoms with Crippen molar-refractivity contribution in [1.82, 2.24) is 20.3 Å². The average molecular weight is 480 g/mol. The Kier molecular flexibility index (Phi) is 7.92. The van der Waals surface area contributed by atoms with E-state index in [2.05, 4.69) is 31.2 Å². The zero-order valence-electron chi connectivity index (χ0n) is 20.4. The van der Waals surface area contributed by atoms with Crippen LogP contribution in [-0.4, -0.2) is 53.7 Å². The maximum atomic E-state index is 12.0. The van der Waals surface area contributed by atoms with E-state index in [-0.39, 0.29) is 11.8 Å². The van der Waals surface area contributed by atoms with E-state index in [1.165, 1.54) is 24.8 Å². The van der Waals surface area contributed by atoms with Crippen LogP contribution in [0.4, 0.5) is 23.3 Å². The number of hydrogen-bond donors (Lipinski definition) is 4. The molecule has 2 aromatic rings. The van der Waals surface area contributed by atoms with E-state index in [0.717, 1.165) is 75.7 Å². The van der Waals surface area contributed by atoms with Gasteiger partial charge in [0.1, 0.15) is 11.6 Å². The largest absolute Gasteiger partial charge is 0.381 e. The first kappa shape index (κ1) is 23.8. The van der Waals surface area contributed by atoms with Crippen molar-refractivity contribution >= 4 is 29.2 Å².